The highest BCUT2D eigenvalue weighted by Crippen LogP contribution is 2.30. The van der Waals surface area contributed by atoms with Crippen LogP contribution in [0.5, 0.6) is 0 Å². The van der Waals surface area contributed by atoms with Crippen LogP contribution in [0.1, 0.15) is 16.1 Å². The summed E-state index contributed by atoms with van der Waals surface area (Å²) in [6.45, 7) is 1.95. The van der Waals surface area contributed by atoms with Crippen LogP contribution >= 0.6 is 0 Å². The van der Waals surface area contributed by atoms with Crippen LogP contribution in [-0.2, 0) is 13.0 Å². The number of nitrogens with one attached hydrogen (secondary N) is 1. The van der Waals surface area contributed by atoms with Gasteiger partial charge < -0.3 is 25.0 Å². The van der Waals surface area contributed by atoms with Gasteiger partial charge in [-0.15, -0.1) is 0 Å². The second-order valence-corrected chi connectivity index (χ2v) is 6.01. The molecule has 1 aromatic heterocycles. The van der Waals surface area contributed by atoms with Crippen LogP contribution in [0.3, 0.4) is 0 Å². The molecule has 0 spiro atoms. The first-order chi connectivity index (χ1) is 11.1. The Balaban J connectivity index is 1.97. The molecule has 0 fully saturated rings. The van der Waals surface area contributed by atoms with E-state index in [4.69, 9.17) is 5.11 Å². The number of hydrogen-bond acceptors (Lipinski definition) is 4. The van der Waals surface area contributed by atoms with Gasteiger partial charge in [0.15, 0.2) is 0 Å². The van der Waals surface area contributed by atoms with Gasteiger partial charge in [0, 0.05) is 37.6 Å². The van der Waals surface area contributed by atoms with Gasteiger partial charge in [0.05, 0.1) is 19.3 Å². The van der Waals surface area contributed by atoms with Gasteiger partial charge in [-0.2, -0.15) is 0 Å². The van der Waals surface area contributed by atoms with Crippen molar-refractivity contribution >= 4 is 16.8 Å². The smallest absolute Gasteiger partial charge is 0.270 e. The summed E-state index contributed by atoms with van der Waals surface area (Å²) >= 11 is 0. The fourth-order valence-corrected chi connectivity index (χ4v) is 3.25. The van der Waals surface area contributed by atoms with Crippen LogP contribution < -0.4 is 5.32 Å². The number of carbonyl (C=O) groups is 1. The maximum Gasteiger partial charge on any atom is 0.270 e. The predicted octanol–water partition coefficient (Wildman–Crippen LogP) is 0.212. The number of nitrogens with zero attached hydrogens (tertiary/aromatic N) is 2. The summed E-state index contributed by atoms with van der Waals surface area (Å²) in [6.07, 6.45) is 0.214. The Labute approximate surface area is 135 Å². The maximum absolute atomic E-state index is 12.6. The molecule has 3 N–H and O–H groups in total. The third-order valence-electron chi connectivity index (χ3n) is 4.38. The zero-order valence-electron chi connectivity index (χ0n) is 13.3. The molecule has 6 nitrogen and oxygen atoms in total. The van der Waals surface area contributed by atoms with Gasteiger partial charge in [-0.05, 0) is 18.1 Å². The fraction of sp³-hybridized carbons (Fsp3) is 0.471. The van der Waals surface area contributed by atoms with Gasteiger partial charge in [0.2, 0.25) is 0 Å². The second kappa shape index (κ2) is 6.70. The average molecular weight is 317 g/mol. The summed E-state index contributed by atoms with van der Waals surface area (Å²) in [5.74, 6) is 0.0120. The maximum atomic E-state index is 12.6. The highest BCUT2D eigenvalue weighted by Gasteiger charge is 2.29. The molecule has 1 aliphatic rings. The lowest BCUT2D eigenvalue weighted by Gasteiger charge is -2.25. The monoisotopic (exact) mass is 317 g/mol. The Morgan fingerprint density at radius 3 is 2.91 bits per heavy atom. The summed E-state index contributed by atoms with van der Waals surface area (Å²) < 4.78 is 1.94. The highest BCUT2D eigenvalue weighted by atomic mass is 16.3. The Morgan fingerprint density at radius 2 is 2.13 bits per heavy atom. The molecule has 2 heterocycles. The predicted molar refractivity (Wildman–Crippen MR) is 88.6 cm³/mol. The van der Waals surface area contributed by atoms with Gasteiger partial charge in [0.1, 0.15) is 5.69 Å². The highest BCUT2D eigenvalue weighted by molar-refractivity contribution is 6.02. The molecular weight excluding hydrogens is 294 g/mol. The van der Waals surface area contributed by atoms with Crippen LogP contribution in [0.15, 0.2) is 24.3 Å². The van der Waals surface area contributed by atoms with Crippen LogP contribution in [0.4, 0.5) is 0 Å². The van der Waals surface area contributed by atoms with Crippen molar-refractivity contribution in [2.75, 3.05) is 33.3 Å². The number of rotatable bonds is 6. The zero-order valence-corrected chi connectivity index (χ0v) is 13.3. The zero-order chi connectivity index (χ0) is 16.4. The third kappa shape index (κ3) is 2.97. The molecule has 6 heteroatoms. The summed E-state index contributed by atoms with van der Waals surface area (Å²) in [5, 5.41) is 23.2. The molecule has 1 atom stereocenters. The number of fused-ring (bicyclic) bond motifs is 3. The van der Waals surface area contributed by atoms with Crippen LogP contribution in [0.25, 0.3) is 10.9 Å². The van der Waals surface area contributed by atoms with Crippen molar-refractivity contribution in [2.24, 2.45) is 0 Å². The van der Waals surface area contributed by atoms with E-state index >= 15 is 0 Å². The Morgan fingerprint density at radius 1 is 1.35 bits per heavy atom. The van der Waals surface area contributed by atoms with E-state index in [9.17, 15) is 9.90 Å². The number of para-hydroxylation sites is 1. The Kier molecular flexibility index (Phi) is 4.66. The van der Waals surface area contributed by atoms with Gasteiger partial charge in [-0.1, -0.05) is 18.2 Å². The van der Waals surface area contributed by atoms with Gasteiger partial charge in [0.25, 0.3) is 5.91 Å². The van der Waals surface area contributed by atoms with E-state index in [1.54, 1.807) is 4.90 Å². The molecule has 0 aliphatic carbocycles. The molecule has 1 aromatic carbocycles. The summed E-state index contributed by atoms with van der Waals surface area (Å²) in [6, 6.07) is 7.97. The molecule has 0 bridgehead atoms. The lowest BCUT2D eigenvalue weighted by atomic mass is 10.0. The van der Waals surface area contributed by atoms with Gasteiger partial charge >= 0.3 is 0 Å². The van der Waals surface area contributed by atoms with E-state index in [2.05, 4.69) is 5.32 Å². The van der Waals surface area contributed by atoms with Crippen LogP contribution in [-0.4, -0.2) is 65.0 Å². The molecule has 2 aromatic rings. The lowest BCUT2D eigenvalue weighted by molar-refractivity contribution is 0.0764. The van der Waals surface area contributed by atoms with Crippen LogP contribution in [0, 0.1) is 0 Å². The first-order valence-corrected chi connectivity index (χ1v) is 7.98. The SMILES string of the molecule is CN1CCc2c(n(CC(O)CNCCO)c3ccccc23)C1=O. The summed E-state index contributed by atoms with van der Waals surface area (Å²) in [5.41, 5.74) is 2.77. The number of carbonyl (C=O) groups excluding carboxylic acids is 1. The van der Waals surface area contributed by atoms with Crippen molar-refractivity contribution < 1.29 is 15.0 Å². The number of aliphatic hydroxyl groups excluding tert-OH is 2. The molecule has 0 radical (unpaired) electrons. The van der Waals surface area contributed by atoms with E-state index in [1.807, 2.05) is 35.9 Å². The molecular formula is C17H23N3O3. The molecule has 0 saturated carbocycles. The minimum Gasteiger partial charge on any atom is -0.395 e. The minimum absolute atomic E-state index is 0.0120. The van der Waals surface area contributed by atoms with Crippen molar-refractivity contribution in [3.05, 3.63) is 35.5 Å². The average Bonchev–Trinajstić information content (AvgIpc) is 2.86. The van der Waals surface area contributed by atoms with E-state index in [1.165, 1.54) is 0 Å². The molecule has 124 valence electrons. The minimum atomic E-state index is -0.624. The van der Waals surface area contributed by atoms with E-state index in [0.29, 0.717) is 25.3 Å². The standard InChI is InChI=1S/C17H23N3O3/c1-19-8-6-14-13-4-2-3-5-15(13)20(16(14)17(19)23)11-12(22)10-18-7-9-21/h2-5,12,18,21-22H,6-11H2,1H3. The van der Waals surface area contributed by atoms with E-state index < -0.39 is 6.10 Å². The van der Waals surface area contributed by atoms with E-state index in [-0.39, 0.29) is 12.5 Å². The number of benzene rings is 1. The van der Waals surface area contributed by atoms with E-state index in [0.717, 1.165) is 29.4 Å². The fourth-order valence-electron chi connectivity index (χ4n) is 3.25. The second-order valence-electron chi connectivity index (χ2n) is 6.01. The summed E-state index contributed by atoms with van der Waals surface area (Å²) in [4.78, 5) is 14.4. The quantitative estimate of drug-likeness (QED) is 0.666. The number of aromatic nitrogens is 1. The van der Waals surface area contributed by atoms with Crippen molar-refractivity contribution in [1.29, 1.82) is 0 Å². The molecule has 0 saturated heterocycles. The number of amides is 1. The van der Waals surface area contributed by atoms with Crippen molar-refractivity contribution in [3.63, 3.8) is 0 Å². The van der Waals surface area contributed by atoms with Gasteiger partial charge in [-0.25, -0.2) is 0 Å². The number of likely N-dealkylation sites (N-methyl/N-ethyl adjacent to an activating group) is 1. The summed E-state index contributed by atoms with van der Waals surface area (Å²) in [7, 11) is 1.81. The molecule has 1 amide bonds. The van der Waals surface area contributed by atoms with Crippen molar-refractivity contribution in [1.82, 2.24) is 14.8 Å². The topological polar surface area (TPSA) is 77.7 Å². The van der Waals surface area contributed by atoms with Crippen LogP contribution in [0.2, 0.25) is 0 Å². The third-order valence-corrected chi connectivity index (χ3v) is 4.38. The first kappa shape index (κ1) is 16.0. The van der Waals surface area contributed by atoms with Crippen molar-refractivity contribution in [2.45, 2.75) is 19.1 Å². The number of hydrogen-bond donors (Lipinski definition) is 3. The molecule has 23 heavy (non-hydrogen) atoms. The largest absolute Gasteiger partial charge is 0.395 e. The normalized spacial score (nSPS) is 16.0. The Bertz CT molecular complexity index is 710. The first-order valence-electron chi connectivity index (χ1n) is 7.98. The molecule has 1 aliphatic heterocycles. The molecule has 1 unspecified atom stereocenters. The van der Waals surface area contributed by atoms with Gasteiger partial charge in [-0.3, -0.25) is 4.79 Å². The van der Waals surface area contributed by atoms with Crippen molar-refractivity contribution in [3.8, 4) is 0 Å². The number of aliphatic hydroxyl groups is 2. The Hall–Kier alpha value is -1.89. The lowest BCUT2D eigenvalue weighted by Crippen LogP contribution is -2.37. The molecule has 3 rings (SSSR count).